The highest BCUT2D eigenvalue weighted by Gasteiger charge is 2.03. The van der Waals surface area contributed by atoms with Crippen LogP contribution in [0.5, 0.6) is 0 Å². The quantitative estimate of drug-likeness (QED) is 0.774. The van der Waals surface area contributed by atoms with Gasteiger partial charge in [0.2, 0.25) is 0 Å². The minimum atomic E-state index is -0.921. The second-order valence-corrected chi connectivity index (χ2v) is 4.39. The summed E-state index contributed by atoms with van der Waals surface area (Å²) < 4.78 is 12.5. The Labute approximate surface area is 123 Å². The topological polar surface area (TPSA) is 37.3 Å². The molecule has 0 saturated heterocycles. The number of hydrogen-bond acceptors (Lipinski definition) is 1. The molecule has 0 spiro atoms. The van der Waals surface area contributed by atoms with Crippen LogP contribution < -0.4 is 0 Å². The maximum absolute atomic E-state index is 12.5. The Hall–Kier alpha value is -1.38. The third-order valence-corrected chi connectivity index (χ3v) is 2.24. The molecule has 0 fully saturated rings. The van der Waals surface area contributed by atoms with Gasteiger partial charge in [0.15, 0.2) is 0 Å². The summed E-state index contributed by atoms with van der Waals surface area (Å²) in [5.74, 6) is -0.921. The average molecular weight is 284 g/mol. The van der Waals surface area contributed by atoms with Crippen molar-refractivity contribution < 1.29 is 14.3 Å². The number of aromatic carboxylic acids is 1. The number of benzene rings is 1. The van der Waals surface area contributed by atoms with Crippen LogP contribution in [-0.4, -0.2) is 17.2 Å². The Morgan fingerprint density at radius 3 is 2.30 bits per heavy atom. The van der Waals surface area contributed by atoms with Gasteiger partial charge in [-0.3, -0.25) is 0 Å². The summed E-state index contributed by atoms with van der Waals surface area (Å²) in [5, 5.41) is 8.76. The van der Waals surface area contributed by atoms with Gasteiger partial charge in [-0.1, -0.05) is 46.2 Å². The van der Waals surface area contributed by atoms with Crippen LogP contribution in [0.15, 0.2) is 24.3 Å². The summed E-state index contributed by atoms with van der Waals surface area (Å²) in [6.07, 6.45) is 2.47. The molecule has 0 aromatic heterocycles. The van der Waals surface area contributed by atoms with E-state index in [0.29, 0.717) is 12.0 Å². The lowest BCUT2D eigenvalue weighted by Crippen LogP contribution is -1.98. The monoisotopic (exact) mass is 284 g/mol. The summed E-state index contributed by atoms with van der Waals surface area (Å²) in [6, 6.07) is 6.79. The van der Waals surface area contributed by atoms with Gasteiger partial charge in [0, 0.05) is 0 Å². The molecule has 0 heterocycles. The number of aryl methyl sites for hydroxylation is 1. The molecule has 2 nitrogen and oxygen atoms in total. The maximum Gasteiger partial charge on any atom is 0.335 e. The van der Waals surface area contributed by atoms with Crippen LogP contribution in [0.3, 0.4) is 0 Å². The Bertz CT molecular complexity index is 349. The van der Waals surface area contributed by atoms with Crippen LogP contribution in [0.1, 0.15) is 69.8 Å². The van der Waals surface area contributed by atoms with Crippen molar-refractivity contribution in [1.29, 1.82) is 0 Å². The van der Waals surface area contributed by atoms with Crippen LogP contribution in [0.25, 0.3) is 0 Å². The van der Waals surface area contributed by atoms with E-state index >= 15 is 0 Å². The first-order valence-corrected chi connectivity index (χ1v) is 7.47. The van der Waals surface area contributed by atoms with E-state index in [1.165, 1.54) is 13.3 Å². The highest BCUT2D eigenvalue weighted by molar-refractivity contribution is 5.87. The van der Waals surface area contributed by atoms with Gasteiger partial charge in [-0.05, 0) is 43.9 Å². The second-order valence-electron chi connectivity index (χ2n) is 4.39. The summed E-state index contributed by atoms with van der Waals surface area (Å²) >= 11 is 0. The molecular formula is C17H29FO2. The minimum absolute atomic E-state index is 0.292. The smallest absolute Gasteiger partial charge is 0.335 e. The van der Waals surface area contributed by atoms with Gasteiger partial charge in [0.05, 0.1) is 11.7 Å². The molecule has 1 aromatic rings. The Kier molecular flexibility index (Phi) is 14.7. The lowest BCUT2D eigenvalue weighted by molar-refractivity contribution is 0.0696. The fourth-order valence-electron chi connectivity index (χ4n) is 1.45. The SMILES string of the molecule is CC.CC(F)CCCc1cccc(C(=O)O)c1.CCC. The van der Waals surface area contributed by atoms with Crippen molar-refractivity contribution in [3.8, 4) is 0 Å². The Balaban J connectivity index is 0. The minimum Gasteiger partial charge on any atom is -0.478 e. The molecular weight excluding hydrogens is 255 g/mol. The zero-order chi connectivity index (χ0) is 16.0. The number of halogens is 1. The van der Waals surface area contributed by atoms with Gasteiger partial charge in [0.25, 0.3) is 0 Å². The average Bonchev–Trinajstić information content (AvgIpc) is 2.42. The van der Waals surface area contributed by atoms with Crippen LogP contribution in [0, 0.1) is 0 Å². The highest BCUT2D eigenvalue weighted by atomic mass is 19.1. The lowest BCUT2D eigenvalue weighted by atomic mass is 10.0. The van der Waals surface area contributed by atoms with Gasteiger partial charge >= 0.3 is 5.97 Å². The van der Waals surface area contributed by atoms with Crippen LogP contribution in [-0.2, 0) is 6.42 Å². The van der Waals surface area contributed by atoms with Crippen LogP contribution in [0.4, 0.5) is 4.39 Å². The van der Waals surface area contributed by atoms with Gasteiger partial charge < -0.3 is 5.11 Å². The molecule has 20 heavy (non-hydrogen) atoms. The summed E-state index contributed by atoms with van der Waals surface area (Å²) in [6.45, 7) is 9.79. The largest absolute Gasteiger partial charge is 0.478 e. The Morgan fingerprint density at radius 1 is 1.30 bits per heavy atom. The number of carboxylic acids is 1. The number of carboxylic acid groups (broad SMARTS) is 1. The lowest BCUT2D eigenvalue weighted by Gasteiger charge is -2.03. The summed E-state index contributed by atoms with van der Waals surface area (Å²) in [4.78, 5) is 10.7. The van der Waals surface area contributed by atoms with Crippen LogP contribution in [0.2, 0.25) is 0 Å². The van der Waals surface area contributed by atoms with E-state index in [2.05, 4.69) is 13.8 Å². The second kappa shape index (κ2) is 14.0. The molecule has 3 heteroatoms. The van der Waals surface area contributed by atoms with E-state index in [9.17, 15) is 9.18 Å². The van der Waals surface area contributed by atoms with E-state index in [1.54, 1.807) is 18.2 Å². The number of rotatable bonds is 5. The normalized spacial score (nSPS) is 10.5. The molecule has 0 amide bonds. The molecule has 1 unspecified atom stereocenters. The number of hydrogen-bond donors (Lipinski definition) is 1. The number of carbonyl (C=O) groups is 1. The molecule has 116 valence electrons. The fourth-order valence-corrected chi connectivity index (χ4v) is 1.45. The van der Waals surface area contributed by atoms with Crippen molar-refractivity contribution >= 4 is 5.97 Å². The van der Waals surface area contributed by atoms with E-state index in [1.807, 2.05) is 19.9 Å². The van der Waals surface area contributed by atoms with Crippen molar-refractivity contribution in [2.75, 3.05) is 0 Å². The van der Waals surface area contributed by atoms with E-state index in [-0.39, 0.29) is 0 Å². The molecule has 1 atom stereocenters. The van der Waals surface area contributed by atoms with Crippen molar-refractivity contribution in [2.24, 2.45) is 0 Å². The van der Waals surface area contributed by atoms with Gasteiger partial charge in [-0.2, -0.15) is 0 Å². The van der Waals surface area contributed by atoms with Crippen molar-refractivity contribution in [1.82, 2.24) is 0 Å². The zero-order valence-corrected chi connectivity index (χ0v) is 13.4. The molecule has 0 aliphatic heterocycles. The fraction of sp³-hybridized carbons (Fsp3) is 0.588. The standard InChI is InChI=1S/C12H15FO2.C3H8.C2H6/c1-9(13)4-2-5-10-6-3-7-11(8-10)12(14)15;1-3-2;1-2/h3,6-9H,2,4-5H2,1H3,(H,14,15);3H2,1-2H3;1-2H3. The molecule has 0 aliphatic carbocycles. The van der Waals surface area contributed by atoms with Crippen LogP contribution >= 0.6 is 0 Å². The van der Waals surface area contributed by atoms with Crippen molar-refractivity contribution in [3.63, 3.8) is 0 Å². The first-order valence-electron chi connectivity index (χ1n) is 7.47. The zero-order valence-electron chi connectivity index (χ0n) is 13.4. The maximum atomic E-state index is 12.5. The van der Waals surface area contributed by atoms with E-state index in [4.69, 9.17) is 5.11 Å². The van der Waals surface area contributed by atoms with Crippen molar-refractivity contribution in [2.45, 2.75) is 66.5 Å². The number of alkyl halides is 1. The van der Waals surface area contributed by atoms with Gasteiger partial charge in [-0.15, -0.1) is 0 Å². The first-order chi connectivity index (χ1) is 9.51. The molecule has 1 N–H and O–H groups in total. The summed E-state index contributed by atoms with van der Waals surface area (Å²) in [5.41, 5.74) is 1.25. The summed E-state index contributed by atoms with van der Waals surface area (Å²) in [7, 11) is 0. The van der Waals surface area contributed by atoms with Crippen molar-refractivity contribution in [3.05, 3.63) is 35.4 Å². The molecule has 1 aromatic carbocycles. The third kappa shape index (κ3) is 11.7. The molecule has 1 rings (SSSR count). The molecule has 0 radical (unpaired) electrons. The van der Waals surface area contributed by atoms with E-state index in [0.717, 1.165) is 18.4 Å². The third-order valence-electron chi connectivity index (χ3n) is 2.24. The highest BCUT2D eigenvalue weighted by Crippen LogP contribution is 2.10. The molecule has 0 bridgehead atoms. The Morgan fingerprint density at radius 2 is 1.85 bits per heavy atom. The van der Waals surface area contributed by atoms with E-state index < -0.39 is 12.1 Å². The first kappa shape index (κ1) is 20.9. The predicted molar refractivity (Wildman–Crippen MR) is 84.2 cm³/mol. The predicted octanol–water partition coefficient (Wildman–Crippen LogP) is 5.51. The van der Waals surface area contributed by atoms with Gasteiger partial charge in [0.1, 0.15) is 0 Å². The molecule has 0 saturated carbocycles. The van der Waals surface area contributed by atoms with Gasteiger partial charge in [-0.25, -0.2) is 9.18 Å². The molecule has 0 aliphatic rings.